The van der Waals surface area contributed by atoms with E-state index in [2.05, 4.69) is 43.4 Å². The first-order valence-corrected chi connectivity index (χ1v) is 6.18. The molecule has 1 atom stereocenters. The Kier molecular flexibility index (Phi) is 3.77. The Morgan fingerprint density at radius 1 is 1.56 bits per heavy atom. The van der Waals surface area contributed by atoms with Crippen LogP contribution < -0.4 is 10.9 Å². The quantitative estimate of drug-likeness (QED) is 0.837. The number of hydrogen-bond acceptors (Lipinski definition) is 3. The van der Waals surface area contributed by atoms with Crippen LogP contribution in [0.5, 0.6) is 0 Å². The molecule has 0 saturated carbocycles. The normalized spacial score (nSPS) is 19.7. The number of rotatable bonds is 3. The summed E-state index contributed by atoms with van der Waals surface area (Å²) in [5.41, 5.74) is -0.152. The van der Waals surface area contributed by atoms with Crippen LogP contribution in [0.3, 0.4) is 0 Å². The SMILES string of the molecule is O=c1[nH]cnc(NCC2CC=CCC2)c1Br. The van der Waals surface area contributed by atoms with Gasteiger partial charge in [0.05, 0.1) is 6.33 Å². The molecule has 1 aliphatic rings. The van der Waals surface area contributed by atoms with E-state index in [1.165, 1.54) is 12.7 Å². The average molecular weight is 284 g/mol. The summed E-state index contributed by atoms with van der Waals surface area (Å²) in [7, 11) is 0. The summed E-state index contributed by atoms with van der Waals surface area (Å²) in [5, 5.41) is 3.21. The predicted octanol–water partition coefficient (Wildman–Crippen LogP) is 2.30. The molecule has 2 rings (SSSR count). The molecule has 0 radical (unpaired) electrons. The third-order valence-corrected chi connectivity index (χ3v) is 3.47. The van der Waals surface area contributed by atoms with Crippen LogP contribution in [0.25, 0.3) is 0 Å². The van der Waals surface area contributed by atoms with E-state index in [4.69, 9.17) is 0 Å². The van der Waals surface area contributed by atoms with E-state index < -0.39 is 0 Å². The van der Waals surface area contributed by atoms with Crippen LogP contribution in [-0.2, 0) is 0 Å². The van der Waals surface area contributed by atoms with Crippen LogP contribution >= 0.6 is 15.9 Å². The Balaban J connectivity index is 1.96. The molecule has 2 N–H and O–H groups in total. The van der Waals surface area contributed by atoms with Gasteiger partial charge < -0.3 is 10.3 Å². The van der Waals surface area contributed by atoms with Gasteiger partial charge in [-0.05, 0) is 41.1 Å². The number of H-pyrrole nitrogens is 1. The van der Waals surface area contributed by atoms with Gasteiger partial charge in [-0.15, -0.1) is 0 Å². The van der Waals surface area contributed by atoms with E-state index >= 15 is 0 Å². The Morgan fingerprint density at radius 3 is 3.19 bits per heavy atom. The second kappa shape index (κ2) is 5.30. The van der Waals surface area contributed by atoms with Crippen molar-refractivity contribution < 1.29 is 0 Å². The smallest absolute Gasteiger partial charge is 0.267 e. The minimum absolute atomic E-state index is 0.152. The van der Waals surface area contributed by atoms with E-state index in [1.54, 1.807) is 0 Å². The fourth-order valence-corrected chi connectivity index (χ4v) is 2.15. The second-order valence-corrected chi connectivity index (χ2v) is 4.72. The van der Waals surface area contributed by atoms with Gasteiger partial charge in [-0.1, -0.05) is 12.2 Å². The van der Waals surface area contributed by atoms with Gasteiger partial charge >= 0.3 is 0 Å². The number of halogens is 1. The van der Waals surface area contributed by atoms with E-state index in [0.29, 0.717) is 16.2 Å². The van der Waals surface area contributed by atoms with Crippen molar-refractivity contribution in [2.75, 3.05) is 11.9 Å². The highest BCUT2D eigenvalue weighted by Gasteiger charge is 2.11. The molecule has 0 bridgehead atoms. The van der Waals surface area contributed by atoms with Crippen LogP contribution in [-0.4, -0.2) is 16.5 Å². The molecule has 1 unspecified atom stereocenters. The van der Waals surface area contributed by atoms with E-state index in [9.17, 15) is 4.79 Å². The molecule has 1 aromatic heterocycles. The minimum atomic E-state index is -0.152. The standard InChI is InChI=1S/C11H14BrN3O/c12-9-10(14-7-15-11(9)16)13-6-8-4-2-1-3-5-8/h1-2,7-8H,3-6H2,(H2,13,14,15,16). The molecule has 5 heteroatoms. The molecule has 1 aromatic rings. The monoisotopic (exact) mass is 283 g/mol. The molecule has 1 heterocycles. The highest BCUT2D eigenvalue weighted by atomic mass is 79.9. The van der Waals surface area contributed by atoms with Gasteiger partial charge in [0.25, 0.3) is 5.56 Å². The fraction of sp³-hybridized carbons (Fsp3) is 0.455. The van der Waals surface area contributed by atoms with Crippen LogP contribution in [0.4, 0.5) is 5.82 Å². The molecular formula is C11H14BrN3O. The Labute approximate surface area is 102 Å². The number of aromatic nitrogens is 2. The molecular weight excluding hydrogens is 270 g/mol. The maximum absolute atomic E-state index is 11.3. The molecule has 4 nitrogen and oxygen atoms in total. The van der Waals surface area contributed by atoms with Gasteiger partial charge in [0, 0.05) is 6.54 Å². The molecule has 86 valence electrons. The number of allylic oxidation sites excluding steroid dienone is 2. The average Bonchev–Trinajstić information content (AvgIpc) is 2.32. The summed E-state index contributed by atoms with van der Waals surface area (Å²) in [6, 6.07) is 0. The third-order valence-electron chi connectivity index (χ3n) is 2.73. The lowest BCUT2D eigenvalue weighted by molar-refractivity contribution is 0.503. The molecule has 0 spiro atoms. The van der Waals surface area contributed by atoms with Crippen LogP contribution in [0.1, 0.15) is 19.3 Å². The zero-order valence-corrected chi connectivity index (χ0v) is 10.5. The highest BCUT2D eigenvalue weighted by Crippen LogP contribution is 2.20. The summed E-state index contributed by atoms with van der Waals surface area (Å²) in [6.07, 6.45) is 9.30. The van der Waals surface area contributed by atoms with Gasteiger partial charge in [-0.3, -0.25) is 4.79 Å². The molecule has 0 saturated heterocycles. The highest BCUT2D eigenvalue weighted by molar-refractivity contribution is 9.10. The second-order valence-electron chi connectivity index (χ2n) is 3.93. The molecule has 0 aromatic carbocycles. The van der Waals surface area contributed by atoms with Crippen molar-refractivity contribution in [3.8, 4) is 0 Å². The topological polar surface area (TPSA) is 57.8 Å². The van der Waals surface area contributed by atoms with E-state index in [-0.39, 0.29) is 5.56 Å². The lowest BCUT2D eigenvalue weighted by Gasteiger charge is -2.18. The number of hydrogen-bond donors (Lipinski definition) is 2. The molecule has 0 fully saturated rings. The largest absolute Gasteiger partial charge is 0.369 e. The van der Waals surface area contributed by atoms with E-state index in [0.717, 1.165) is 19.4 Å². The lowest BCUT2D eigenvalue weighted by Crippen LogP contribution is -2.18. The third kappa shape index (κ3) is 2.72. The first-order valence-electron chi connectivity index (χ1n) is 5.39. The maximum atomic E-state index is 11.3. The summed E-state index contributed by atoms with van der Waals surface area (Å²) < 4.78 is 0.473. The number of nitrogens with one attached hydrogen (secondary N) is 2. The van der Waals surface area contributed by atoms with Crippen LogP contribution in [0.15, 0.2) is 27.7 Å². The van der Waals surface area contributed by atoms with Crippen LogP contribution in [0.2, 0.25) is 0 Å². The molecule has 16 heavy (non-hydrogen) atoms. The van der Waals surface area contributed by atoms with Crippen molar-refractivity contribution in [3.05, 3.63) is 33.3 Å². The van der Waals surface area contributed by atoms with Gasteiger partial charge in [-0.2, -0.15) is 0 Å². The number of nitrogens with zero attached hydrogens (tertiary/aromatic N) is 1. The predicted molar refractivity (Wildman–Crippen MR) is 67.5 cm³/mol. The Bertz CT molecular complexity index is 441. The summed E-state index contributed by atoms with van der Waals surface area (Å²) in [5.74, 6) is 1.26. The Hall–Kier alpha value is -1.10. The molecule has 1 aliphatic carbocycles. The van der Waals surface area contributed by atoms with Crippen molar-refractivity contribution >= 4 is 21.7 Å². The minimum Gasteiger partial charge on any atom is -0.369 e. The van der Waals surface area contributed by atoms with Crippen molar-refractivity contribution in [2.24, 2.45) is 5.92 Å². The van der Waals surface area contributed by atoms with Gasteiger partial charge in [0.1, 0.15) is 10.3 Å². The van der Waals surface area contributed by atoms with Gasteiger partial charge in [-0.25, -0.2) is 4.98 Å². The zero-order valence-electron chi connectivity index (χ0n) is 8.87. The van der Waals surface area contributed by atoms with Crippen molar-refractivity contribution in [3.63, 3.8) is 0 Å². The van der Waals surface area contributed by atoms with E-state index in [1.807, 2.05) is 0 Å². The van der Waals surface area contributed by atoms with Crippen molar-refractivity contribution in [2.45, 2.75) is 19.3 Å². The number of anilines is 1. The molecule has 0 aliphatic heterocycles. The molecule has 0 amide bonds. The summed E-state index contributed by atoms with van der Waals surface area (Å²) >= 11 is 3.22. The fourth-order valence-electron chi connectivity index (χ4n) is 1.79. The zero-order chi connectivity index (χ0) is 11.4. The first kappa shape index (κ1) is 11.4. The van der Waals surface area contributed by atoms with Gasteiger partial charge in [0.2, 0.25) is 0 Å². The maximum Gasteiger partial charge on any atom is 0.267 e. The Morgan fingerprint density at radius 2 is 2.44 bits per heavy atom. The van der Waals surface area contributed by atoms with Crippen molar-refractivity contribution in [1.82, 2.24) is 9.97 Å². The number of aromatic amines is 1. The van der Waals surface area contributed by atoms with Crippen molar-refractivity contribution in [1.29, 1.82) is 0 Å². The first-order chi connectivity index (χ1) is 7.77. The van der Waals surface area contributed by atoms with Gasteiger partial charge in [0.15, 0.2) is 0 Å². The summed E-state index contributed by atoms with van der Waals surface area (Å²) in [4.78, 5) is 17.9. The summed E-state index contributed by atoms with van der Waals surface area (Å²) in [6.45, 7) is 0.861. The van der Waals surface area contributed by atoms with Crippen LogP contribution in [0, 0.1) is 5.92 Å². The lowest BCUT2D eigenvalue weighted by atomic mass is 9.94.